The lowest BCUT2D eigenvalue weighted by atomic mass is 10.0. The summed E-state index contributed by atoms with van der Waals surface area (Å²) in [6, 6.07) is -0.543. The van der Waals surface area contributed by atoms with Crippen LogP contribution in [0.2, 0.25) is 0 Å². The lowest BCUT2D eigenvalue weighted by Gasteiger charge is -2.22. The molecule has 0 radical (unpaired) electrons. The molecular weight excluding hydrogens is 791 g/mol. The van der Waals surface area contributed by atoms with Crippen LogP contribution in [0.3, 0.4) is 0 Å². The van der Waals surface area contributed by atoms with Gasteiger partial charge in [-0.25, -0.2) is 0 Å². The Morgan fingerprint density at radius 1 is 0.422 bits per heavy atom. The van der Waals surface area contributed by atoms with Gasteiger partial charge in [0.25, 0.3) is 0 Å². The van der Waals surface area contributed by atoms with Gasteiger partial charge in [0.1, 0.15) is 0 Å². The number of esters is 1. The summed E-state index contributed by atoms with van der Waals surface area (Å²) in [5, 5.41) is 23.3. The molecule has 3 N–H and O–H groups in total. The van der Waals surface area contributed by atoms with E-state index in [0.29, 0.717) is 25.9 Å². The van der Waals surface area contributed by atoms with Crippen LogP contribution < -0.4 is 5.32 Å². The summed E-state index contributed by atoms with van der Waals surface area (Å²) >= 11 is 0. The smallest absolute Gasteiger partial charge is 0.305 e. The van der Waals surface area contributed by atoms with Crippen LogP contribution in [0.4, 0.5) is 0 Å². The molecule has 380 valence electrons. The standard InChI is InChI=1S/C58H113NO5/c1-3-5-7-9-11-13-15-17-23-27-30-34-38-42-46-50-56(61)55(54-60)59-57(62)51-47-43-39-35-31-28-24-21-19-18-20-22-25-29-33-37-41-45-49-53-64-58(63)52-48-44-40-36-32-26-16-14-12-10-8-6-4-2/h14,16,55-56,60-61H,3-13,15,17-54H2,1-2H3,(H,59,62)/b16-14-. The van der Waals surface area contributed by atoms with Gasteiger partial charge in [-0.3, -0.25) is 9.59 Å². The second kappa shape index (κ2) is 54.2. The Balaban J connectivity index is 3.40. The normalized spacial score (nSPS) is 12.6. The summed E-state index contributed by atoms with van der Waals surface area (Å²) in [4.78, 5) is 24.5. The highest BCUT2D eigenvalue weighted by Gasteiger charge is 2.20. The van der Waals surface area contributed by atoms with Crippen molar-refractivity contribution >= 4 is 11.9 Å². The first-order valence-corrected chi connectivity index (χ1v) is 28.9. The monoisotopic (exact) mass is 904 g/mol. The first-order valence-electron chi connectivity index (χ1n) is 28.9. The van der Waals surface area contributed by atoms with Crippen LogP contribution in [0.25, 0.3) is 0 Å². The van der Waals surface area contributed by atoms with E-state index in [1.165, 1.54) is 244 Å². The largest absolute Gasteiger partial charge is 0.466 e. The second-order valence-corrected chi connectivity index (χ2v) is 20.0. The zero-order chi connectivity index (χ0) is 46.5. The fourth-order valence-electron chi connectivity index (χ4n) is 9.11. The summed E-state index contributed by atoms with van der Waals surface area (Å²) in [5.74, 6) is -0.0357. The average molecular weight is 905 g/mol. The third kappa shape index (κ3) is 50.0. The van der Waals surface area contributed by atoms with Crippen LogP contribution in [-0.2, 0) is 14.3 Å². The number of hydrogen-bond acceptors (Lipinski definition) is 5. The number of unbranched alkanes of at least 4 members (excludes halogenated alkanes) is 41. The van der Waals surface area contributed by atoms with Crippen molar-refractivity contribution in [3.8, 4) is 0 Å². The van der Waals surface area contributed by atoms with Gasteiger partial charge in [-0.15, -0.1) is 0 Å². The van der Waals surface area contributed by atoms with Crippen LogP contribution in [0.15, 0.2) is 12.2 Å². The molecule has 0 aliphatic heterocycles. The maximum atomic E-state index is 12.5. The quantitative estimate of drug-likeness (QED) is 0.0321. The van der Waals surface area contributed by atoms with Crippen LogP contribution in [0.1, 0.15) is 322 Å². The van der Waals surface area contributed by atoms with E-state index in [0.717, 1.165) is 44.9 Å². The van der Waals surface area contributed by atoms with Crippen LogP contribution in [-0.4, -0.2) is 47.4 Å². The molecule has 0 rings (SSSR count). The van der Waals surface area contributed by atoms with E-state index in [1.807, 2.05) is 0 Å². The number of carbonyl (C=O) groups is 2. The van der Waals surface area contributed by atoms with E-state index in [-0.39, 0.29) is 18.5 Å². The first kappa shape index (κ1) is 62.6. The van der Waals surface area contributed by atoms with Gasteiger partial charge in [0, 0.05) is 12.8 Å². The molecule has 0 aliphatic carbocycles. The van der Waals surface area contributed by atoms with Gasteiger partial charge in [0.15, 0.2) is 0 Å². The third-order valence-corrected chi connectivity index (χ3v) is 13.6. The number of rotatable bonds is 54. The molecule has 2 unspecified atom stereocenters. The molecular formula is C58H113NO5. The fraction of sp³-hybridized carbons (Fsp3) is 0.931. The molecule has 1 amide bonds. The number of ether oxygens (including phenoxy) is 1. The number of carbonyl (C=O) groups excluding carboxylic acids is 2. The summed E-state index contributed by atoms with van der Waals surface area (Å²) in [6.45, 7) is 4.94. The summed E-state index contributed by atoms with van der Waals surface area (Å²) in [5.41, 5.74) is 0. The van der Waals surface area contributed by atoms with Gasteiger partial charge >= 0.3 is 5.97 Å². The molecule has 0 saturated carbocycles. The Morgan fingerprint density at radius 2 is 0.734 bits per heavy atom. The van der Waals surface area contributed by atoms with Crippen molar-refractivity contribution in [3.63, 3.8) is 0 Å². The molecule has 0 aromatic rings. The molecule has 0 fully saturated rings. The summed E-state index contributed by atoms with van der Waals surface area (Å²) in [7, 11) is 0. The van der Waals surface area contributed by atoms with Gasteiger partial charge < -0.3 is 20.3 Å². The minimum Gasteiger partial charge on any atom is -0.466 e. The number of allylic oxidation sites excluding steroid dienone is 2. The minimum atomic E-state index is -0.665. The SMILES string of the molecule is CCCCCC/C=C\CCCCCCCC(=O)OCCCCCCCCCCCCCCCCCCCCCC(=O)NC(CO)C(O)CCCCCCCCCCCCCCCCC. The summed E-state index contributed by atoms with van der Waals surface area (Å²) in [6.07, 6.45) is 63.4. The van der Waals surface area contributed by atoms with Crippen molar-refractivity contribution in [1.29, 1.82) is 0 Å². The number of amides is 1. The number of nitrogens with one attached hydrogen (secondary N) is 1. The first-order chi connectivity index (χ1) is 31.5. The molecule has 6 nitrogen and oxygen atoms in total. The molecule has 0 spiro atoms. The van der Waals surface area contributed by atoms with E-state index in [1.54, 1.807) is 0 Å². The number of aliphatic hydroxyl groups is 2. The van der Waals surface area contributed by atoms with Crippen molar-refractivity contribution < 1.29 is 24.5 Å². The van der Waals surface area contributed by atoms with Gasteiger partial charge in [0.2, 0.25) is 5.91 Å². The third-order valence-electron chi connectivity index (χ3n) is 13.6. The topological polar surface area (TPSA) is 95.9 Å². The number of aliphatic hydroxyl groups excluding tert-OH is 2. The van der Waals surface area contributed by atoms with E-state index >= 15 is 0 Å². The lowest BCUT2D eigenvalue weighted by Crippen LogP contribution is -2.45. The molecule has 0 aromatic carbocycles. The van der Waals surface area contributed by atoms with Crippen molar-refractivity contribution in [1.82, 2.24) is 5.32 Å². The predicted molar refractivity (Wildman–Crippen MR) is 278 cm³/mol. The Hall–Kier alpha value is -1.40. The number of hydrogen-bond donors (Lipinski definition) is 3. The minimum absolute atomic E-state index is 0.000311. The molecule has 0 aliphatic rings. The Labute approximate surface area is 399 Å². The zero-order valence-corrected chi connectivity index (χ0v) is 43.3. The van der Waals surface area contributed by atoms with Crippen molar-refractivity contribution in [3.05, 3.63) is 12.2 Å². The lowest BCUT2D eigenvalue weighted by molar-refractivity contribution is -0.143. The van der Waals surface area contributed by atoms with E-state index in [9.17, 15) is 19.8 Å². The Morgan fingerprint density at radius 3 is 1.12 bits per heavy atom. The van der Waals surface area contributed by atoms with Crippen LogP contribution in [0.5, 0.6) is 0 Å². The molecule has 0 saturated heterocycles. The highest BCUT2D eigenvalue weighted by Crippen LogP contribution is 2.18. The van der Waals surface area contributed by atoms with Crippen LogP contribution >= 0.6 is 0 Å². The maximum Gasteiger partial charge on any atom is 0.305 e. The second-order valence-electron chi connectivity index (χ2n) is 20.0. The molecule has 0 aromatic heterocycles. The molecule has 0 bridgehead atoms. The molecule has 6 heteroatoms. The van der Waals surface area contributed by atoms with Crippen molar-refractivity contribution in [2.75, 3.05) is 13.2 Å². The van der Waals surface area contributed by atoms with Gasteiger partial charge in [-0.1, -0.05) is 270 Å². The van der Waals surface area contributed by atoms with Crippen LogP contribution in [0, 0.1) is 0 Å². The predicted octanol–water partition coefficient (Wildman–Crippen LogP) is 17.7. The molecule has 0 heterocycles. The Kier molecular flexibility index (Phi) is 53.0. The highest BCUT2D eigenvalue weighted by molar-refractivity contribution is 5.76. The van der Waals surface area contributed by atoms with E-state index in [2.05, 4.69) is 31.3 Å². The summed E-state index contributed by atoms with van der Waals surface area (Å²) < 4.78 is 5.47. The van der Waals surface area contributed by atoms with Gasteiger partial charge in [-0.2, -0.15) is 0 Å². The average Bonchev–Trinajstić information content (AvgIpc) is 3.29. The van der Waals surface area contributed by atoms with Gasteiger partial charge in [-0.05, 0) is 51.4 Å². The molecule has 64 heavy (non-hydrogen) atoms. The van der Waals surface area contributed by atoms with E-state index in [4.69, 9.17) is 4.74 Å². The molecule has 2 atom stereocenters. The Bertz CT molecular complexity index is 955. The highest BCUT2D eigenvalue weighted by atomic mass is 16.5. The maximum absolute atomic E-state index is 12.5. The van der Waals surface area contributed by atoms with Crippen molar-refractivity contribution in [2.45, 2.75) is 334 Å². The van der Waals surface area contributed by atoms with Gasteiger partial charge in [0.05, 0.1) is 25.4 Å². The van der Waals surface area contributed by atoms with Crippen molar-refractivity contribution in [2.24, 2.45) is 0 Å². The fourth-order valence-corrected chi connectivity index (χ4v) is 9.11. The van der Waals surface area contributed by atoms with E-state index < -0.39 is 12.1 Å². The zero-order valence-electron chi connectivity index (χ0n) is 43.3.